The fourth-order valence-electron chi connectivity index (χ4n) is 1.67. The number of nitrogens with zero attached hydrogens (tertiary/aromatic N) is 2. The average molecular weight is 283 g/mol. The topological polar surface area (TPSA) is 63.6 Å². The Labute approximate surface area is 123 Å². The van der Waals surface area contributed by atoms with Gasteiger partial charge < -0.3 is 4.74 Å². The van der Waals surface area contributed by atoms with Crippen molar-refractivity contribution in [3.63, 3.8) is 0 Å². The van der Waals surface area contributed by atoms with Crippen LogP contribution in [0.15, 0.2) is 53.9 Å². The van der Waals surface area contributed by atoms with Gasteiger partial charge in [0, 0.05) is 18.0 Å². The van der Waals surface area contributed by atoms with Crippen molar-refractivity contribution in [2.24, 2.45) is 5.10 Å². The summed E-state index contributed by atoms with van der Waals surface area (Å²) >= 11 is 0. The first kappa shape index (κ1) is 14.7. The molecule has 5 nitrogen and oxygen atoms in total. The zero-order valence-corrected chi connectivity index (χ0v) is 12.0. The van der Waals surface area contributed by atoms with Crippen LogP contribution in [0.5, 0.6) is 5.75 Å². The number of nitrogens with one attached hydrogen (secondary N) is 1. The molecule has 1 N–H and O–H groups in total. The molecule has 0 atom stereocenters. The van der Waals surface area contributed by atoms with Crippen molar-refractivity contribution in [2.45, 2.75) is 20.0 Å². The van der Waals surface area contributed by atoms with Gasteiger partial charge >= 0.3 is 0 Å². The fourth-order valence-corrected chi connectivity index (χ4v) is 1.67. The Balaban J connectivity index is 2.03. The normalized spacial score (nSPS) is 10.8. The second-order valence-corrected chi connectivity index (χ2v) is 4.65. The summed E-state index contributed by atoms with van der Waals surface area (Å²) < 4.78 is 5.67. The Kier molecular flexibility index (Phi) is 5.04. The molecule has 0 aliphatic rings. The van der Waals surface area contributed by atoms with Crippen molar-refractivity contribution in [3.05, 3.63) is 59.9 Å². The minimum absolute atomic E-state index is 0.0736. The van der Waals surface area contributed by atoms with Gasteiger partial charge in [0.25, 0.3) is 5.91 Å². The summed E-state index contributed by atoms with van der Waals surface area (Å²) in [4.78, 5) is 15.7. The number of benzene rings is 1. The molecule has 1 amide bonds. The SMILES string of the molecule is CC(C)Oc1ccccc1/C=N/NC(=O)c1cccnc1. The lowest BCUT2D eigenvalue weighted by molar-refractivity contribution is 0.0954. The van der Waals surface area contributed by atoms with Gasteiger partial charge in [-0.2, -0.15) is 5.10 Å². The van der Waals surface area contributed by atoms with Crippen LogP contribution in [-0.2, 0) is 0 Å². The van der Waals surface area contributed by atoms with Gasteiger partial charge in [0.05, 0.1) is 17.9 Å². The molecule has 21 heavy (non-hydrogen) atoms. The molecule has 0 aliphatic carbocycles. The number of amides is 1. The molecule has 0 saturated heterocycles. The van der Waals surface area contributed by atoms with Crippen LogP contribution in [0.2, 0.25) is 0 Å². The molecule has 0 saturated carbocycles. The zero-order chi connectivity index (χ0) is 15.1. The molecular formula is C16H17N3O2. The second-order valence-electron chi connectivity index (χ2n) is 4.65. The molecule has 0 fully saturated rings. The maximum absolute atomic E-state index is 11.8. The number of para-hydroxylation sites is 1. The number of aromatic nitrogens is 1. The summed E-state index contributed by atoms with van der Waals surface area (Å²) in [6.45, 7) is 3.91. The number of hydrogen-bond acceptors (Lipinski definition) is 4. The summed E-state index contributed by atoms with van der Waals surface area (Å²) in [5.74, 6) is 0.425. The molecule has 0 bridgehead atoms. The fraction of sp³-hybridized carbons (Fsp3) is 0.188. The number of hydrogen-bond donors (Lipinski definition) is 1. The van der Waals surface area contributed by atoms with E-state index in [1.807, 2.05) is 38.1 Å². The third-order valence-electron chi connectivity index (χ3n) is 2.58. The third kappa shape index (κ3) is 4.42. The number of hydrazone groups is 1. The number of carbonyl (C=O) groups is 1. The van der Waals surface area contributed by atoms with Gasteiger partial charge in [0.15, 0.2) is 0 Å². The average Bonchev–Trinajstić information content (AvgIpc) is 2.49. The molecule has 2 aromatic rings. The number of carbonyl (C=O) groups excluding carboxylic acids is 1. The maximum atomic E-state index is 11.8. The Hall–Kier alpha value is -2.69. The lowest BCUT2D eigenvalue weighted by Gasteiger charge is -2.11. The molecule has 2 rings (SSSR count). The molecule has 0 unspecified atom stereocenters. The van der Waals surface area contributed by atoms with Crippen LogP contribution >= 0.6 is 0 Å². The number of rotatable bonds is 5. The number of pyridine rings is 1. The predicted octanol–water partition coefficient (Wildman–Crippen LogP) is 2.63. The van der Waals surface area contributed by atoms with E-state index in [0.717, 1.165) is 11.3 Å². The first-order valence-electron chi connectivity index (χ1n) is 6.66. The van der Waals surface area contributed by atoms with Crippen LogP contribution in [0.25, 0.3) is 0 Å². The van der Waals surface area contributed by atoms with E-state index in [1.165, 1.54) is 6.20 Å². The predicted molar refractivity (Wildman–Crippen MR) is 81.5 cm³/mol. The molecule has 0 spiro atoms. The van der Waals surface area contributed by atoms with E-state index in [4.69, 9.17) is 4.74 Å². The molecule has 108 valence electrons. The highest BCUT2D eigenvalue weighted by Gasteiger charge is 2.04. The summed E-state index contributed by atoms with van der Waals surface area (Å²) in [7, 11) is 0. The van der Waals surface area contributed by atoms with Gasteiger partial charge in [0.2, 0.25) is 0 Å². The van der Waals surface area contributed by atoms with Crippen LogP contribution in [0.1, 0.15) is 29.8 Å². The zero-order valence-electron chi connectivity index (χ0n) is 12.0. The third-order valence-corrected chi connectivity index (χ3v) is 2.58. The van der Waals surface area contributed by atoms with E-state index < -0.39 is 0 Å². The Bertz CT molecular complexity index is 624. The van der Waals surface area contributed by atoms with E-state index >= 15 is 0 Å². The Morgan fingerprint density at radius 1 is 1.29 bits per heavy atom. The molecule has 0 aliphatic heterocycles. The molecule has 0 radical (unpaired) electrons. The van der Waals surface area contributed by atoms with Gasteiger partial charge in [-0.25, -0.2) is 5.43 Å². The summed E-state index contributed by atoms with van der Waals surface area (Å²) in [6.07, 6.45) is 4.73. The molecule has 1 aromatic heterocycles. The quantitative estimate of drug-likeness (QED) is 0.677. The smallest absolute Gasteiger partial charge is 0.272 e. The van der Waals surface area contributed by atoms with E-state index in [0.29, 0.717) is 5.56 Å². The Morgan fingerprint density at radius 2 is 2.10 bits per heavy atom. The molecule has 1 heterocycles. The highest BCUT2D eigenvalue weighted by Crippen LogP contribution is 2.17. The molecule has 1 aromatic carbocycles. The Morgan fingerprint density at radius 3 is 2.81 bits per heavy atom. The van der Waals surface area contributed by atoms with Crippen molar-refractivity contribution < 1.29 is 9.53 Å². The van der Waals surface area contributed by atoms with Gasteiger partial charge in [-0.3, -0.25) is 9.78 Å². The van der Waals surface area contributed by atoms with Crippen LogP contribution < -0.4 is 10.2 Å². The van der Waals surface area contributed by atoms with Crippen molar-refractivity contribution in [2.75, 3.05) is 0 Å². The van der Waals surface area contributed by atoms with Gasteiger partial charge in [-0.15, -0.1) is 0 Å². The first-order chi connectivity index (χ1) is 10.2. The van der Waals surface area contributed by atoms with Crippen LogP contribution in [0.4, 0.5) is 0 Å². The van der Waals surface area contributed by atoms with Gasteiger partial charge in [0.1, 0.15) is 5.75 Å². The molecule has 5 heteroatoms. The number of ether oxygens (including phenoxy) is 1. The van der Waals surface area contributed by atoms with Crippen molar-refractivity contribution in [1.82, 2.24) is 10.4 Å². The van der Waals surface area contributed by atoms with E-state index in [-0.39, 0.29) is 12.0 Å². The van der Waals surface area contributed by atoms with Crippen molar-refractivity contribution in [3.8, 4) is 5.75 Å². The van der Waals surface area contributed by atoms with Crippen LogP contribution in [0.3, 0.4) is 0 Å². The maximum Gasteiger partial charge on any atom is 0.272 e. The van der Waals surface area contributed by atoms with E-state index in [2.05, 4.69) is 15.5 Å². The van der Waals surface area contributed by atoms with Crippen molar-refractivity contribution >= 4 is 12.1 Å². The standard InChI is InChI=1S/C16H17N3O2/c1-12(2)21-15-8-4-3-6-13(15)11-18-19-16(20)14-7-5-9-17-10-14/h3-12H,1-2H3,(H,19,20)/b18-11+. The van der Waals surface area contributed by atoms with Gasteiger partial charge in [-0.1, -0.05) is 12.1 Å². The van der Waals surface area contributed by atoms with Crippen LogP contribution in [0, 0.1) is 0 Å². The lowest BCUT2D eigenvalue weighted by Crippen LogP contribution is -2.17. The van der Waals surface area contributed by atoms with Gasteiger partial charge in [-0.05, 0) is 38.1 Å². The van der Waals surface area contributed by atoms with E-state index in [1.54, 1.807) is 24.5 Å². The lowest BCUT2D eigenvalue weighted by atomic mass is 10.2. The summed E-state index contributed by atoms with van der Waals surface area (Å²) in [5.41, 5.74) is 3.73. The highest BCUT2D eigenvalue weighted by molar-refractivity contribution is 5.94. The minimum atomic E-state index is -0.304. The largest absolute Gasteiger partial charge is 0.490 e. The highest BCUT2D eigenvalue weighted by atomic mass is 16.5. The van der Waals surface area contributed by atoms with Crippen LogP contribution in [-0.4, -0.2) is 23.2 Å². The summed E-state index contributed by atoms with van der Waals surface area (Å²) in [5, 5.41) is 3.95. The summed E-state index contributed by atoms with van der Waals surface area (Å²) in [6, 6.07) is 10.9. The van der Waals surface area contributed by atoms with Crippen molar-refractivity contribution in [1.29, 1.82) is 0 Å². The second kappa shape index (κ2) is 7.19. The minimum Gasteiger partial charge on any atom is -0.490 e. The first-order valence-corrected chi connectivity index (χ1v) is 6.66. The van der Waals surface area contributed by atoms with E-state index in [9.17, 15) is 4.79 Å². The monoisotopic (exact) mass is 283 g/mol. The molecular weight excluding hydrogens is 266 g/mol.